The molecule has 1 rings (SSSR count). The standard InChI is InChI=1S/C12H19N3O2/c1-4-14(5-2)12(17)8-15-7-10(13)9(3)6-11(15)16/h6-7H,4-5,8,13H2,1-3H3. The summed E-state index contributed by atoms with van der Waals surface area (Å²) in [6, 6.07) is 1.45. The van der Waals surface area contributed by atoms with Crippen LogP contribution in [-0.4, -0.2) is 28.5 Å². The molecule has 0 fully saturated rings. The number of carbonyl (C=O) groups excluding carboxylic acids is 1. The molecule has 0 bridgehead atoms. The fraction of sp³-hybridized carbons (Fsp3) is 0.500. The number of hydrogen-bond acceptors (Lipinski definition) is 3. The molecule has 0 unspecified atom stereocenters. The molecule has 0 atom stereocenters. The van der Waals surface area contributed by atoms with Gasteiger partial charge in [-0.15, -0.1) is 0 Å². The van der Waals surface area contributed by atoms with E-state index in [1.54, 1.807) is 11.8 Å². The van der Waals surface area contributed by atoms with Crippen molar-refractivity contribution < 1.29 is 4.79 Å². The van der Waals surface area contributed by atoms with Gasteiger partial charge in [-0.25, -0.2) is 0 Å². The largest absolute Gasteiger partial charge is 0.397 e. The van der Waals surface area contributed by atoms with Crippen molar-refractivity contribution in [2.75, 3.05) is 18.8 Å². The first kappa shape index (κ1) is 13.3. The summed E-state index contributed by atoms with van der Waals surface area (Å²) in [5, 5.41) is 0. The molecule has 94 valence electrons. The van der Waals surface area contributed by atoms with Crippen molar-refractivity contribution in [2.24, 2.45) is 0 Å². The van der Waals surface area contributed by atoms with Gasteiger partial charge in [0, 0.05) is 25.4 Å². The number of hydrogen-bond donors (Lipinski definition) is 1. The average molecular weight is 237 g/mol. The van der Waals surface area contributed by atoms with Gasteiger partial charge in [-0.1, -0.05) is 0 Å². The van der Waals surface area contributed by atoms with Crippen molar-refractivity contribution in [3.05, 3.63) is 28.2 Å². The molecule has 0 saturated heterocycles. The lowest BCUT2D eigenvalue weighted by Crippen LogP contribution is -2.36. The number of aromatic nitrogens is 1. The molecule has 5 heteroatoms. The molecule has 0 spiro atoms. The average Bonchev–Trinajstić information content (AvgIpc) is 2.27. The van der Waals surface area contributed by atoms with Gasteiger partial charge in [-0.2, -0.15) is 0 Å². The van der Waals surface area contributed by atoms with Crippen LogP contribution in [0.1, 0.15) is 19.4 Å². The van der Waals surface area contributed by atoms with Crippen molar-refractivity contribution in [1.82, 2.24) is 9.47 Å². The molecule has 1 heterocycles. The molecule has 0 aromatic carbocycles. The van der Waals surface area contributed by atoms with Crippen LogP contribution in [0.2, 0.25) is 0 Å². The fourth-order valence-electron chi connectivity index (χ4n) is 1.63. The van der Waals surface area contributed by atoms with Crippen LogP contribution in [0.15, 0.2) is 17.1 Å². The second-order valence-corrected chi connectivity index (χ2v) is 3.94. The van der Waals surface area contributed by atoms with Gasteiger partial charge in [0.1, 0.15) is 6.54 Å². The molecule has 1 amide bonds. The Balaban J connectivity index is 2.92. The molecule has 1 aromatic heterocycles. The summed E-state index contributed by atoms with van der Waals surface area (Å²) < 4.78 is 1.35. The molecule has 17 heavy (non-hydrogen) atoms. The summed E-state index contributed by atoms with van der Waals surface area (Å²) in [6.45, 7) is 6.93. The van der Waals surface area contributed by atoms with Gasteiger partial charge in [0.25, 0.3) is 5.56 Å². The minimum atomic E-state index is -0.197. The maximum atomic E-state index is 11.8. The van der Waals surface area contributed by atoms with E-state index in [9.17, 15) is 9.59 Å². The second kappa shape index (κ2) is 5.52. The lowest BCUT2D eigenvalue weighted by molar-refractivity contribution is -0.131. The molecule has 0 aliphatic carbocycles. The van der Waals surface area contributed by atoms with Crippen LogP contribution in [0, 0.1) is 6.92 Å². The summed E-state index contributed by atoms with van der Waals surface area (Å²) in [5.41, 5.74) is 6.79. The quantitative estimate of drug-likeness (QED) is 0.834. The Labute approximate surface area is 101 Å². The molecule has 5 nitrogen and oxygen atoms in total. The van der Waals surface area contributed by atoms with E-state index in [0.29, 0.717) is 18.8 Å². The number of nitrogens with zero attached hydrogens (tertiary/aromatic N) is 2. The highest BCUT2D eigenvalue weighted by atomic mass is 16.2. The molecule has 0 radical (unpaired) electrons. The Morgan fingerprint density at radius 3 is 2.53 bits per heavy atom. The molecule has 2 N–H and O–H groups in total. The number of carbonyl (C=O) groups is 1. The highest BCUT2D eigenvalue weighted by Gasteiger charge is 2.11. The predicted octanol–water partition coefficient (Wildman–Crippen LogP) is 0.607. The number of anilines is 1. The fourth-order valence-corrected chi connectivity index (χ4v) is 1.63. The van der Waals surface area contributed by atoms with Crippen LogP contribution >= 0.6 is 0 Å². The Hall–Kier alpha value is -1.78. The molecule has 0 aliphatic rings. The van der Waals surface area contributed by atoms with E-state index in [1.807, 2.05) is 13.8 Å². The molecule has 0 aliphatic heterocycles. The number of rotatable bonds is 4. The van der Waals surface area contributed by atoms with Gasteiger partial charge in [0.15, 0.2) is 0 Å². The third-order valence-corrected chi connectivity index (χ3v) is 2.80. The van der Waals surface area contributed by atoms with E-state index in [-0.39, 0.29) is 18.0 Å². The predicted molar refractivity (Wildman–Crippen MR) is 67.8 cm³/mol. The zero-order valence-corrected chi connectivity index (χ0v) is 10.6. The van der Waals surface area contributed by atoms with Crippen LogP contribution in [0.3, 0.4) is 0 Å². The van der Waals surface area contributed by atoms with Crippen LogP contribution in [0.5, 0.6) is 0 Å². The summed E-state index contributed by atoms with van der Waals surface area (Å²) in [6.07, 6.45) is 1.53. The maximum absolute atomic E-state index is 11.8. The van der Waals surface area contributed by atoms with Gasteiger partial charge in [-0.3, -0.25) is 9.59 Å². The van der Waals surface area contributed by atoms with Gasteiger partial charge in [0.2, 0.25) is 5.91 Å². The molecular weight excluding hydrogens is 218 g/mol. The van der Waals surface area contributed by atoms with E-state index < -0.39 is 0 Å². The molecule has 1 aromatic rings. The van der Waals surface area contributed by atoms with Gasteiger partial charge >= 0.3 is 0 Å². The monoisotopic (exact) mass is 237 g/mol. The topological polar surface area (TPSA) is 68.3 Å². The maximum Gasteiger partial charge on any atom is 0.251 e. The number of nitrogen functional groups attached to an aromatic ring is 1. The third-order valence-electron chi connectivity index (χ3n) is 2.80. The van der Waals surface area contributed by atoms with Crippen molar-refractivity contribution in [3.8, 4) is 0 Å². The molecular formula is C12H19N3O2. The zero-order valence-electron chi connectivity index (χ0n) is 10.6. The lowest BCUT2D eigenvalue weighted by Gasteiger charge is -2.19. The number of likely N-dealkylation sites (N-methyl/N-ethyl adjacent to an activating group) is 1. The van der Waals surface area contributed by atoms with Gasteiger partial charge in [-0.05, 0) is 26.3 Å². The van der Waals surface area contributed by atoms with E-state index >= 15 is 0 Å². The van der Waals surface area contributed by atoms with E-state index in [0.717, 1.165) is 5.56 Å². The summed E-state index contributed by atoms with van der Waals surface area (Å²) in [7, 11) is 0. The Morgan fingerprint density at radius 1 is 1.41 bits per heavy atom. The zero-order chi connectivity index (χ0) is 13.0. The van der Waals surface area contributed by atoms with E-state index in [1.165, 1.54) is 16.8 Å². The van der Waals surface area contributed by atoms with Crippen molar-refractivity contribution in [2.45, 2.75) is 27.3 Å². The van der Waals surface area contributed by atoms with Crippen LogP contribution < -0.4 is 11.3 Å². The van der Waals surface area contributed by atoms with Crippen LogP contribution in [0.25, 0.3) is 0 Å². The normalized spacial score (nSPS) is 10.3. The summed E-state index contributed by atoms with van der Waals surface area (Å²) in [4.78, 5) is 25.2. The summed E-state index contributed by atoms with van der Waals surface area (Å²) >= 11 is 0. The number of aryl methyl sites for hydroxylation is 1. The Morgan fingerprint density at radius 2 is 2.00 bits per heavy atom. The van der Waals surface area contributed by atoms with Crippen molar-refractivity contribution in [1.29, 1.82) is 0 Å². The minimum Gasteiger partial charge on any atom is -0.397 e. The van der Waals surface area contributed by atoms with Crippen molar-refractivity contribution in [3.63, 3.8) is 0 Å². The number of pyridine rings is 1. The SMILES string of the molecule is CCN(CC)C(=O)Cn1cc(N)c(C)cc1=O. The highest BCUT2D eigenvalue weighted by molar-refractivity contribution is 5.76. The van der Waals surface area contributed by atoms with Gasteiger partial charge in [0.05, 0.1) is 5.69 Å². The smallest absolute Gasteiger partial charge is 0.251 e. The first-order valence-electron chi connectivity index (χ1n) is 5.73. The van der Waals surface area contributed by atoms with Crippen LogP contribution in [-0.2, 0) is 11.3 Å². The Bertz CT molecular complexity index is 461. The van der Waals surface area contributed by atoms with Crippen molar-refractivity contribution >= 4 is 11.6 Å². The van der Waals surface area contributed by atoms with Gasteiger partial charge < -0.3 is 15.2 Å². The molecule has 0 saturated carbocycles. The van der Waals surface area contributed by atoms with E-state index in [4.69, 9.17) is 5.73 Å². The first-order chi connectivity index (χ1) is 7.99. The highest BCUT2D eigenvalue weighted by Crippen LogP contribution is 2.05. The Kier molecular flexibility index (Phi) is 4.31. The minimum absolute atomic E-state index is 0.0466. The third kappa shape index (κ3) is 3.09. The summed E-state index contributed by atoms with van der Waals surface area (Å²) in [5.74, 6) is -0.0691. The first-order valence-corrected chi connectivity index (χ1v) is 5.73. The lowest BCUT2D eigenvalue weighted by atomic mass is 10.2. The second-order valence-electron chi connectivity index (χ2n) is 3.94. The number of nitrogens with two attached hydrogens (primary N) is 1. The van der Waals surface area contributed by atoms with E-state index in [2.05, 4.69) is 0 Å². The number of amides is 1. The van der Waals surface area contributed by atoms with Crippen LogP contribution in [0.4, 0.5) is 5.69 Å².